The maximum Gasteiger partial charge on any atom is 0.266 e. The van der Waals surface area contributed by atoms with Gasteiger partial charge >= 0.3 is 0 Å². The second-order valence-corrected chi connectivity index (χ2v) is 6.15. The Kier molecular flexibility index (Phi) is 3.51. The summed E-state index contributed by atoms with van der Waals surface area (Å²) in [5, 5.41) is 4.53. The number of nitrogens with one attached hydrogen (secondary N) is 1. The third kappa shape index (κ3) is 2.71. The smallest absolute Gasteiger partial charge is 0.266 e. The summed E-state index contributed by atoms with van der Waals surface area (Å²) in [4.78, 5) is 4.08. The number of rotatable bonds is 3. The molecule has 0 atom stereocenters. The van der Waals surface area contributed by atoms with Gasteiger partial charge in [-0.2, -0.15) is 5.10 Å². The van der Waals surface area contributed by atoms with Gasteiger partial charge in [0.05, 0.1) is 16.4 Å². The first-order valence-electron chi connectivity index (χ1n) is 5.46. The second kappa shape index (κ2) is 4.82. The average Bonchev–Trinajstić information content (AvgIpc) is 2.56. The summed E-state index contributed by atoms with van der Waals surface area (Å²) in [6.45, 7) is 3.35. The van der Waals surface area contributed by atoms with Crippen LogP contribution >= 0.6 is 11.6 Å². The van der Waals surface area contributed by atoms with Gasteiger partial charge < -0.3 is 0 Å². The van der Waals surface area contributed by atoms with Crippen molar-refractivity contribution in [2.24, 2.45) is 7.05 Å². The van der Waals surface area contributed by atoms with Gasteiger partial charge in [0, 0.05) is 13.2 Å². The van der Waals surface area contributed by atoms with Gasteiger partial charge in [0.2, 0.25) is 0 Å². The van der Waals surface area contributed by atoms with Crippen LogP contribution in [-0.4, -0.2) is 23.2 Å². The molecule has 1 N–H and O–H groups in total. The number of pyridine rings is 1. The van der Waals surface area contributed by atoms with Crippen molar-refractivity contribution in [2.45, 2.75) is 18.7 Å². The van der Waals surface area contributed by atoms with E-state index in [4.69, 9.17) is 11.6 Å². The van der Waals surface area contributed by atoms with Crippen LogP contribution in [0, 0.1) is 13.8 Å². The van der Waals surface area contributed by atoms with Crippen LogP contribution in [0.5, 0.6) is 0 Å². The monoisotopic (exact) mass is 300 g/mol. The topological polar surface area (TPSA) is 76.9 Å². The third-order valence-electron chi connectivity index (χ3n) is 2.68. The van der Waals surface area contributed by atoms with Crippen molar-refractivity contribution >= 4 is 27.4 Å². The molecule has 0 aliphatic rings. The summed E-state index contributed by atoms with van der Waals surface area (Å²) in [6, 6.07) is 3.07. The van der Waals surface area contributed by atoms with E-state index in [1.807, 2.05) is 0 Å². The Morgan fingerprint density at radius 1 is 1.32 bits per heavy atom. The summed E-state index contributed by atoms with van der Waals surface area (Å²) in [5.74, 6) is 0.215. The van der Waals surface area contributed by atoms with Gasteiger partial charge in [0.25, 0.3) is 10.0 Å². The summed E-state index contributed by atoms with van der Waals surface area (Å²) >= 11 is 5.70. The third-order valence-corrected chi connectivity index (χ3v) is 4.51. The lowest BCUT2D eigenvalue weighted by atomic mass is 10.4. The predicted octanol–water partition coefficient (Wildman–Crippen LogP) is 1.89. The molecule has 8 heteroatoms. The Labute approximate surface area is 116 Å². The number of aryl methyl sites for hydroxylation is 2. The molecular formula is C11H13ClN4O2S. The minimum absolute atomic E-state index is 0.173. The summed E-state index contributed by atoms with van der Waals surface area (Å²) in [5.41, 5.74) is 1.01. The van der Waals surface area contributed by atoms with Crippen molar-refractivity contribution < 1.29 is 8.42 Å². The van der Waals surface area contributed by atoms with E-state index in [0.717, 1.165) is 0 Å². The van der Waals surface area contributed by atoms with Crippen LogP contribution in [0.2, 0.25) is 5.02 Å². The zero-order chi connectivity index (χ0) is 14.2. The molecule has 0 bridgehead atoms. The molecule has 6 nitrogen and oxygen atoms in total. The highest BCUT2D eigenvalue weighted by Gasteiger charge is 2.24. The highest BCUT2D eigenvalue weighted by atomic mass is 35.5. The van der Waals surface area contributed by atoms with Crippen molar-refractivity contribution in [2.75, 3.05) is 4.72 Å². The predicted molar refractivity (Wildman–Crippen MR) is 72.7 cm³/mol. The first-order chi connectivity index (χ1) is 8.81. The molecule has 0 saturated carbocycles. The number of hydrogen-bond acceptors (Lipinski definition) is 4. The number of halogens is 1. The van der Waals surface area contributed by atoms with Crippen LogP contribution in [0.15, 0.2) is 23.2 Å². The lowest BCUT2D eigenvalue weighted by Crippen LogP contribution is -2.15. The van der Waals surface area contributed by atoms with Crippen LogP contribution in [0.1, 0.15) is 11.4 Å². The zero-order valence-electron chi connectivity index (χ0n) is 10.7. The van der Waals surface area contributed by atoms with Crippen molar-refractivity contribution in [1.29, 1.82) is 0 Å². The number of hydrogen-bond donors (Lipinski definition) is 1. The number of sulfonamides is 1. The zero-order valence-corrected chi connectivity index (χ0v) is 12.2. The molecule has 2 aromatic heterocycles. The quantitative estimate of drug-likeness (QED) is 0.939. The van der Waals surface area contributed by atoms with Gasteiger partial charge in [-0.25, -0.2) is 13.4 Å². The molecule has 19 heavy (non-hydrogen) atoms. The Hall–Kier alpha value is -1.60. The van der Waals surface area contributed by atoms with E-state index in [1.54, 1.807) is 27.0 Å². The molecule has 0 aromatic carbocycles. The molecule has 0 aliphatic carbocycles. The van der Waals surface area contributed by atoms with Gasteiger partial charge in [-0.15, -0.1) is 0 Å². The Morgan fingerprint density at radius 3 is 2.47 bits per heavy atom. The maximum atomic E-state index is 12.3. The van der Waals surface area contributed by atoms with E-state index in [9.17, 15) is 8.42 Å². The van der Waals surface area contributed by atoms with E-state index in [-0.39, 0.29) is 10.7 Å². The normalized spacial score (nSPS) is 11.6. The number of anilines is 1. The number of nitrogens with zero attached hydrogens (tertiary/aromatic N) is 3. The summed E-state index contributed by atoms with van der Waals surface area (Å²) < 4.78 is 28.5. The highest BCUT2D eigenvalue weighted by molar-refractivity contribution is 7.92. The minimum atomic E-state index is -3.71. The first-order valence-corrected chi connectivity index (χ1v) is 7.32. The van der Waals surface area contributed by atoms with Crippen molar-refractivity contribution in [3.63, 3.8) is 0 Å². The van der Waals surface area contributed by atoms with E-state index in [2.05, 4.69) is 14.8 Å². The molecular weight excluding hydrogens is 288 g/mol. The van der Waals surface area contributed by atoms with Gasteiger partial charge in [-0.05, 0) is 26.0 Å². The first kappa shape index (κ1) is 13.8. The maximum absolute atomic E-state index is 12.3. The van der Waals surface area contributed by atoms with Gasteiger partial charge in [-0.1, -0.05) is 11.6 Å². The lowest BCUT2D eigenvalue weighted by molar-refractivity contribution is 0.599. The fourth-order valence-corrected chi connectivity index (χ4v) is 3.33. The molecule has 2 rings (SSSR count). The molecule has 0 spiro atoms. The van der Waals surface area contributed by atoms with Crippen LogP contribution in [0.4, 0.5) is 5.82 Å². The van der Waals surface area contributed by atoms with E-state index >= 15 is 0 Å². The minimum Gasteiger partial charge on any atom is -0.271 e. The van der Waals surface area contributed by atoms with Crippen molar-refractivity contribution in [1.82, 2.24) is 14.8 Å². The molecule has 2 heterocycles. The Bertz CT molecular complexity index is 707. The van der Waals surface area contributed by atoms with Gasteiger partial charge in [-0.3, -0.25) is 9.40 Å². The summed E-state index contributed by atoms with van der Waals surface area (Å²) in [7, 11) is -2.01. The Morgan fingerprint density at radius 2 is 2.00 bits per heavy atom. The highest BCUT2D eigenvalue weighted by Crippen LogP contribution is 2.21. The van der Waals surface area contributed by atoms with E-state index in [1.165, 1.54) is 16.9 Å². The van der Waals surface area contributed by atoms with Gasteiger partial charge in [0.1, 0.15) is 10.7 Å². The second-order valence-electron chi connectivity index (χ2n) is 4.09. The SMILES string of the molecule is Cc1nn(C)c(C)c1S(=O)(=O)Nc1ccc(Cl)cn1. The van der Waals surface area contributed by atoms with Gasteiger partial charge in [0.15, 0.2) is 0 Å². The molecule has 2 aromatic rings. The van der Waals surface area contributed by atoms with E-state index < -0.39 is 10.0 Å². The molecule has 0 unspecified atom stereocenters. The van der Waals surface area contributed by atoms with Crippen molar-refractivity contribution in [3.8, 4) is 0 Å². The standard InChI is InChI=1S/C11H13ClN4O2S/c1-7-11(8(2)16(3)14-7)19(17,18)15-10-5-4-9(12)6-13-10/h4-6H,1-3H3,(H,13,15). The largest absolute Gasteiger partial charge is 0.271 e. The fraction of sp³-hybridized carbons (Fsp3) is 0.273. The van der Waals surface area contributed by atoms with Crippen LogP contribution in [0.3, 0.4) is 0 Å². The van der Waals surface area contributed by atoms with Crippen LogP contribution in [0.25, 0.3) is 0 Å². The van der Waals surface area contributed by atoms with Crippen LogP contribution < -0.4 is 4.72 Å². The number of aromatic nitrogens is 3. The molecule has 102 valence electrons. The molecule has 0 fully saturated rings. The van der Waals surface area contributed by atoms with Crippen LogP contribution in [-0.2, 0) is 17.1 Å². The average molecular weight is 301 g/mol. The fourth-order valence-electron chi connectivity index (χ4n) is 1.77. The molecule has 0 saturated heterocycles. The van der Waals surface area contributed by atoms with Crippen molar-refractivity contribution in [3.05, 3.63) is 34.7 Å². The summed E-state index contributed by atoms with van der Waals surface area (Å²) in [6.07, 6.45) is 1.38. The Balaban J connectivity index is 2.40. The van der Waals surface area contributed by atoms with E-state index in [0.29, 0.717) is 16.4 Å². The molecule has 0 radical (unpaired) electrons. The molecule has 0 amide bonds. The molecule has 0 aliphatic heterocycles. The lowest BCUT2D eigenvalue weighted by Gasteiger charge is -2.07.